The highest BCUT2D eigenvalue weighted by atomic mass is 32.1. The minimum atomic E-state index is 0.0464. The molecule has 3 heterocycles. The molecule has 1 aromatic heterocycles. The normalized spacial score (nSPS) is 16.1. The van der Waals surface area contributed by atoms with Crippen LogP contribution in [0.1, 0.15) is 45.4 Å². The lowest BCUT2D eigenvalue weighted by Crippen LogP contribution is -2.40. The summed E-state index contributed by atoms with van der Waals surface area (Å²) in [6.45, 7) is 3.20. The summed E-state index contributed by atoms with van der Waals surface area (Å²) in [4.78, 5) is 24.1. The summed E-state index contributed by atoms with van der Waals surface area (Å²) in [6, 6.07) is 16.7. The first-order valence-electron chi connectivity index (χ1n) is 12.1. The molecule has 0 aliphatic carbocycles. The van der Waals surface area contributed by atoms with Crippen LogP contribution in [0.2, 0.25) is 0 Å². The van der Waals surface area contributed by atoms with Gasteiger partial charge in [-0.2, -0.15) is 0 Å². The summed E-state index contributed by atoms with van der Waals surface area (Å²) < 4.78 is 0. The Labute approximate surface area is 216 Å². The van der Waals surface area contributed by atoms with Gasteiger partial charge < -0.3 is 20.0 Å². The average molecular weight is 506 g/mol. The number of aromatic nitrogens is 1. The molecular weight excluding hydrogens is 474 g/mol. The van der Waals surface area contributed by atoms with Crippen molar-refractivity contribution in [1.29, 1.82) is 0 Å². The SMILES string of the molecule is CN(C)c1ccc(NC(=S)N2CCC(c3nc(C(=O)N4CCc5ccccc5C4)cs3)CC2)cc1. The average Bonchev–Trinajstić information content (AvgIpc) is 3.39. The Morgan fingerprint density at radius 2 is 1.74 bits per heavy atom. The minimum Gasteiger partial charge on any atom is -0.378 e. The quantitative estimate of drug-likeness (QED) is 0.505. The molecule has 0 saturated carbocycles. The second kappa shape index (κ2) is 10.3. The van der Waals surface area contributed by atoms with Crippen molar-refractivity contribution in [2.24, 2.45) is 0 Å². The first-order valence-corrected chi connectivity index (χ1v) is 13.4. The molecule has 2 aliphatic rings. The summed E-state index contributed by atoms with van der Waals surface area (Å²) in [5.74, 6) is 0.423. The van der Waals surface area contributed by atoms with Crippen LogP contribution in [-0.4, -0.2) is 59.5 Å². The van der Waals surface area contributed by atoms with Gasteiger partial charge in [0.1, 0.15) is 5.69 Å². The Bertz CT molecular complexity index is 1200. The third kappa shape index (κ3) is 5.33. The fourth-order valence-electron chi connectivity index (χ4n) is 4.78. The first kappa shape index (κ1) is 23.8. The molecule has 1 saturated heterocycles. The maximum absolute atomic E-state index is 13.1. The van der Waals surface area contributed by atoms with E-state index in [1.807, 2.05) is 30.4 Å². The van der Waals surface area contributed by atoms with Gasteiger partial charge in [-0.05, 0) is 66.9 Å². The second-order valence-electron chi connectivity index (χ2n) is 9.45. The molecule has 6 nitrogen and oxygen atoms in total. The van der Waals surface area contributed by atoms with Crippen LogP contribution in [0.3, 0.4) is 0 Å². The molecule has 0 unspecified atom stereocenters. The number of thiocarbonyl (C=S) groups is 1. The Balaban J connectivity index is 1.14. The number of piperidine rings is 1. The van der Waals surface area contributed by atoms with E-state index in [0.717, 1.165) is 60.4 Å². The minimum absolute atomic E-state index is 0.0464. The van der Waals surface area contributed by atoms with Gasteiger partial charge in [0.05, 0.1) is 5.01 Å². The third-order valence-corrected chi connectivity index (χ3v) is 8.29. The monoisotopic (exact) mass is 505 g/mol. The number of carbonyl (C=O) groups excluding carboxylic acids is 1. The number of benzene rings is 2. The van der Waals surface area contributed by atoms with Gasteiger partial charge in [0.15, 0.2) is 5.11 Å². The van der Waals surface area contributed by atoms with Gasteiger partial charge in [0, 0.05) is 62.9 Å². The molecule has 0 bridgehead atoms. The molecule has 182 valence electrons. The number of rotatable bonds is 4. The van der Waals surface area contributed by atoms with Crippen molar-refractivity contribution < 1.29 is 4.79 Å². The van der Waals surface area contributed by atoms with Crippen molar-refractivity contribution >= 4 is 45.9 Å². The van der Waals surface area contributed by atoms with E-state index in [0.29, 0.717) is 18.2 Å². The maximum Gasteiger partial charge on any atom is 0.273 e. The molecule has 0 radical (unpaired) electrons. The van der Waals surface area contributed by atoms with Crippen LogP contribution in [-0.2, 0) is 13.0 Å². The molecule has 1 N–H and O–H groups in total. The molecule has 35 heavy (non-hydrogen) atoms. The highest BCUT2D eigenvalue weighted by Crippen LogP contribution is 2.31. The van der Waals surface area contributed by atoms with E-state index in [9.17, 15) is 4.79 Å². The number of hydrogen-bond donors (Lipinski definition) is 1. The van der Waals surface area contributed by atoms with Gasteiger partial charge in [0.2, 0.25) is 0 Å². The van der Waals surface area contributed by atoms with Crippen LogP contribution in [0.5, 0.6) is 0 Å². The summed E-state index contributed by atoms with van der Waals surface area (Å²) in [5, 5.41) is 7.15. The number of nitrogens with one attached hydrogen (secondary N) is 1. The summed E-state index contributed by atoms with van der Waals surface area (Å²) in [6.07, 6.45) is 2.88. The zero-order chi connectivity index (χ0) is 24.4. The number of fused-ring (bicyclic) bond motifs is 1. The van der Waals surface area contributed by atoms with Crippen molar-refractivity contribution in [3.8, 4) is 0 Å². The van der Waals surface area contributed by atoms with Crippen molar-refractivity contribution in [3.05, 3.63) is 75.7 Å². The van der Waals surface area contributed by atoms with Crippen LogP contribution >= 0.6 is 23.6 Å². The molecule has 0 atom stereocenters. The number of likely N-dealkylation sites (tertiary alicyclic amines) is 1. The van der Waals surface area contributed by atoms with Gasteiger partial charge in [-0.15, -0.1) is 11.3 Å². The lowest BCUT2D eigenvalue weighted by molar-refractivity contribution is 0.0729. The van der Waals surface area contributed by atoms with Crippen LogP contribution < -0.4 is 10.2 Å². The lowest BCUT2D eigenvalue weighted by Gasteiger charge is -2.33. The van der Waals surface area contributed by atoms with Gasteiger partial charge in [-0.25, -0.2) is 4.98 Å². The van der Waals surface area contributed by atoms with Crippen LogP contribution in [0.15, 0.2) is 53.9 Å². The smallest absolute Gasteiger partial charge is 0.273 e. The zero-order valence-electron chi connectivity index (χ0n) is 20.2. The van der Waals surface area contributed by atoms with E-state index < -0.39 is 0 Å². The largest absolute Gasteiger partial charge is 0.378 e. The topological polar surface area (TPSA) is 51.7 Å². The zero-order valence-corrected chi connectivity index (χ0v) is 21.9. The van der Waals surface area contributed by atoms with Crippen molar-refractivity contribution in [3.63, 3.8) is 0 Å². The molecule has 0 spiro atoms. The number of hydrogen-bond acceptors (Lipinski definition) is 5. The van der Waals surface area contributed by atoms with Gasteiger partial charge in [-0.3, -0.25) is 4.79 Å². The Morgan fingerprint density at radius 3 is 2.46 bits per heavy atom. The standard InChI is InChI=1S/C27H31N5OS2/c1-30(2)23-9-7-22(8-10-23)28-27(34)31-14-12-20(13-15-31)25-29-24(18-35-25)26(33)32-16-11-19-5-3-4-6-21(19)17-32/h3-10,18,20H,11-17H2,1-2H3,(H,28,34). The highest BCUT2D eigenvalue weighted by molar-refractivity contribution is 7.80. The van der Waals surface area contributed by atoms with E-state index in [-0.39, 0.29) is 5.91 Å². The molecule has 1 fully saturated rings. The van der Waals surface area contributed by atoms with Gasteiger partial charge in [0.25, 0.3) is 5.91 Å². The summed E-state index contributed by atoms with van der Waals surface area (Å²) in [7, 11) is 4.07. The summed E-state index contributed by atoms with van der Waals surface area (Å²) >= 11 is 7.30. The van der Waals surface area contributed by atoms with Crippen LogP contribution in [0, 0.1) is 0 Å². The predicted octanol–water partition coefficient (Wildman–Crippen LogP) is 4.98. The fraction of sp³-hybridized carbons (Fsp3) is 0.370. The molecule has 5 rings (SSSR count). The molecule has 2 aromatic carbocycles. The van der Waals surface area contributed by atoms with Crippen LogP contribution in [0.25, 0.3) is 0 Å². The molecule has 8 heteroatoms. The Hall–Kier alpha value is -2.97. The molecule has 1 amide bonds. The predicted molar refractivity (Wildman–Crippen MR) is 148 cm³/mol. The number of carbonyl (C=O) groups is 1. The van der Waals surface area contributed by atoms with E-state index >= 15 is 0 Å². The Morgan fingerprint density at radius 1 is 1.03 bits per heavy atom. The van der Waals surface area contributed by atoms with Crippen LogP contribution in [0.4, 0.5) is 11.4 Å². The first-order chi connectivity index (χ1) is 17.0. The van der Waals surface area contributed by atoms with Crippen molar-refractivity contribution in [2.75, 3.05) is 43.9 Å². The summed E-state index contributed by atoms with van der Waals surface area (Å²) in [5.41, 5.74) is 5.35. The second-order valence-corrected chi connectivity index (χ2v) is 10.7. The number of nitrogens with zero attached hydrogens (tertiary/aromatic N) is 4. The van der Waals surface area contributed by atoms with Crippen molar-refractivity contribution in [1.82, 2.24) is 14.8 Å². The van der Waals surface area contributed by atoms with Gasteiger partial charge >= 0.3 is 0 Å². The Kier molecular flexibility index (Phi) is 7.02. The van der Waals surface area contributed by atoms with E-state index in [2.05, 4.69) is 57.6 Å². The molecular formula is C27H31N5OS2. The molecule has 3 aromatic rings. The highest BCUT2D eigenvalue weighted by Gasteiger charge is 2.27. The fourth-order valence-corrected chi connectivity index (χ4v) is 6.04. The number of amides is 1. The van der Waals surface area contributed by atoms with E-state index in [1.54, 1.807) is 11.3 Å². The van der Waals surface area contributed by atoms with Gasteiger partial charge in [-0.1, -0.05) is 24.3 Å². The number of anilines is 2. The number of thiazole rings is 1. The lowest BCUT2D eigenvalue weighted by atomic mass is 9.98. The van der Waals surface area contributed by atoms with E-state index in [4.69, 9.17) is 17.2 Å². The molecule has 2 aliphatic heterocycles. The van der Waals surface area contributed by atoms with E-state index in [1.165, 1.54) is 11.1 Å². The van der Waals surface area contributed by atoms with Crippen molar-refractivity contribution in [2.45, 2.75) is 31.7 Å². The third-order valence-electron chi connectivity index (χ3n) is 6.93. The maximum atomic E-state index is 13.1.